The van der Waals surface area contributed by atoms with Crippen molar-refractivity contribution in [2.45, 2.75) is 13.3 Å². The lowest BCUT2D eigenvalue weighted by molar-refractivity contribution is -0.120. The number of anilines is 1. The van der Waals surface area contributed by atoms with Gasteiger partial charge in [0.25, 0.3) is 0 Å². The Balaban J connectivity index is 1.87. The Morgan fingerprint density at radius 2 is 2.07 bits per heavy atom. The van der Waals surface area contributed by atoms with Crippen LogP contribution in [-0.4, -0.2) is 35.5 Å². The number of nitrogens with one attached hydrogen (secondary N) is 3. The lowest BCUT2D eigenvalue weighted by Gasteiger charge is -2.05. The van der Waals surface area contributed by atoms with Crippen LogP contribution in [0.25, 0.3) is 21.3 Å². The fourth-order valence-corrected chi connectivity index (χ4v) is 3.33. The van der Waals surface area contributed by atoms with E-state index >= 15 is 0 Å². The van der Waals surface area contributed by atoms with Crippen LogP contribution in [0.2, 0.25) is 0 Å². The predicted molar refractivity (Wildman–Crippen MR) is 103 cm³/mol. The van der Waals surface area contributed by atoms with Gasteiger partial charge in [0.1, 0.15) is 5.82 Å². The molecule has 1 aromatic carbocycles. The summed E-state index contributed by atoms with van der Waals surface area (Å²) in [5, 5.41) is 8.17. The Kier molecular flexibility index (Phi) is 5.60. The first-order chi connectivity index (χ1) is 13.0. The molecule has 0 saturated carbocycles. The van der Waals surface area contributed by atoms with Crippen molar-refractivity contribution in [3.8, 4) is 11.1 Å². The van der Waals surface area contributed by atoms with Gasteiger partial charge in [0, 0.05) is 36.6 Å². The summed E-state index contributed by atoms with van der Waals surface area (Å²) in [7, 11) is 1.56. The van der Waals surface area contributed by atoms with Gasteiger partial charge in [0.15, 0.2) is 5.13 Å². The van der Waals surface area contributed by atoms with Crippen LogP contribution in [-0.2, 0) is 11.2 Å². The van der Waals surface area contributed by atoms with Gasteiger partial charge in [-0.2, -0.15) is 0 Å². The number of fused-ring (bicyclic) bond motifs is 1. The molecule has 0 unspecified atom stereocenters. The Morgan fingerprint density at radius 1 is 1.26 bits per heavy atom. The van der Waals surface area contributed by atoms with E-state index in [4.69, 9.17) is 0 Å². The highest BCUT2D eigenvalue weighted by Gasteiger charge is 2.13. The van der Waals surface area contributed by atoms with Crippen LogP contribution in [0.15, 0.2) is 30.5 Å². The molecule has 3 amide bonds. The van der Waals surface area contributed by atoms with Crippen LogP contribution < -0.4 is 16.0 Å². The molecular weight excluding hydrogens is 369 g/mol. The van der Waals surface area contributed by atoms with Gasteiger partial charge >= 0.3 is 6.03 Å². The van der Waals surface area contributed by atoms with Crippen LogP contribution in [0.5, 0.6) is 0 Å². The topological polar surface area (TPSA) is 96.0 Å². The summed E-state index contributed by atoms with van der Waals surface area (Å²) in [6.45, 7) is 2.31. The number of nitrogens with zero attached hydrogens (tertiary/aromatic N) is 2. The molecule has 0 atom stereocenters. The maximum absolute atomic E-state index is 14.6. The zero-order chi connectivity index (χ0) is 19.4. The quantitative estimate of drug-likeness (QED) is 0.627. The Labute approximate surface area is 159 Å². The lowest BCUT2D eigenvalue weighted by atomic mass is 10.1. The first kappa shape index (κ1) is 18.7. The summed E-state index contributed by atoms with van der Waals surface area (Å²) in [6.07, 6.45) is 1.70. The highest BCUT2D eigenvalue weighted by atomic mass is 32.1. The summed E-state index contributed by atoms with van der Waals surface area (Å²) in [5.74, 6) is -0.547. The van der Waals surface area contributed by atoms with E-state index in [0.717, 1.165) is 0 Å². The van der Waals surface area contributed by atoms with Crippen molar-refractivity contribution >= 4 is 38.6 Å². The zero-order valence-electron chi connectivity index (χ0n) is 14.8. The molecule has 0 fully saturated rings. The first-order valence-corrected chi connectivity index (χ1v) is 9.12. The molecule has 3 N–H and O–H groups in total. The van der Waals surface area contributed by atoms with Crippen molar-refractivity contribution in [3.63, 3.8) is 0 Å². The van der Waals surface area contributed by atoms with Crippen molar-refractivity contribution in [3.05, 3.63) is 42.0 Å². The third-order valence-corrected chi connectivity index (χ3v) is 4.72. The van der Waals surface area contributed by atoms with E-state index in [1.165, 1.54) is 23.6 Å². The summed E-state index contributed by atoms with van der Waals surface area (Å²) in [4.78, 5) is 31.6. The number of urea groups is 1. The largest absolute Gasteiger partial charge is 0.359 e. The van der Waals surface area contributed by atoms with Gasteiger partial charge < -0.3 is 10.6 Å². The third kappa shape index (κ3) is 4.37. The molecule has 0 aliphatic carbocycles. The molecule has 0 saturated heterocycles. The minimum absolute atomic E-state index is 0.141. The summed E-state index contributed by atoms with van der Waals surface area (Å²) in [6, 6.07) is 6.07. The van der Waals surface area contributed by atoms with E-state index in [1.807, 2.05) is 6.92 Å². The molecule has 0 radical (unpaired) electrons. The molecule has 7 nitrogen and oxygen atoms in total. The number of halogens is 1. The van der Waals surface area contributed by atoms with Crippen molar-refractivity contribution < 1.29 is 14.0 Å². The smallest absolute Gasteiger partial charge is 0.321 e. The van der Waals surface area contributed by atoms with Crippen LogP contribution in [0.3, 0.4) is 0 Å². The second-order valence-corrected chi connectivity index (χ2v) is 6.72. The molecule has 27 heavy (non-hydrogen) atoms. The van der Waals surface area contributed by atoms with Crippen LogP contribution >= 0.6 is 11.3 Å². The normalized spacial score (nSPS) is 10.6. The van der Waals surface area contributed by atoms with E-state index in [0.29, 0.717) is 38.7 Å². The van der Waals surface area contributed by atoms with Crippen LogP contribution in [0.1, 0.15) is 12.6 Å². The minimum Gasteiger partial charge on any atom is -0.359 e. The summed E-state index contributed by atoms with van der Waals surface area (Å²) in [5.41, 5.74) is 2.12. The number of hydrogen-bond donors (Lipinski definition) is 3. The minimum atomic E-state index is -0.406. The number of likely N-dealkylation sites (N-methyl/N-ethyl adjacent to an activating group) is 1. The molecule has 2 aromatic heterocycles. The molecule has 0 aliphatic heterocycles. The van der Waals surface area contributed by atoms with Crippen molar-refractivity contribution in [2.24, 2.45) is 0 Å². The Hall–Kier alpha value is -3.07. The number of rotatable bonds is 5. The number of thiazole rings is 1. The number of hydrogen-bond acceptors (Lipinski definition) is 5. The Morgan fingerprint density at radius 3 is 2.74 bits per heavy atom. The van der Waals surface area contributed by atoms with Gasteiger partial charge in [-0.15, -0.1) is 0 Å². The second kappa shape index (κ2) is 8.09. The van der Waals surface area contributed by atoms with Gasteiger partial charge in [0.05, 0.1) is 16.6 Å². The lowest BCUT2D eigenvalue weighted by Crippen LogP contribution is -2.28. The maximum atomic E-state index is 14.6. The number of carbonyl (C=O) groups is 2. The van der Waals surface area contributed by atoms with E-state index < -0.39 is 5.82 Å². The average Bonchev–Trinajstić information content (AvgIpc) is 3.02. The standard InChI is InChI=1S/C18H18FN5O2S/c1-3-21-17(26)24-18-23-14-7-12(13(19)8-15(14)27-18)10-4-5-11(22-9-10)6-16(25)20-2/h4-5,7-9H,3,6H2,1-2H3,(H,20,25)(H2,21,23,24,26). The molecule has 140 valence electrons. The first-order valence-electron chi connectivity index (χ1n) is 8.31. The van der Waals surface area contributed by atoms with E-state index in [-0.39, 0.29) is 18.4 Å². The molecular formula is C18H18FN5O2S. The Bertz CT molecular complexity index is 987. The van der Waals surface area contributed by atoms with Crippen molar-refractivity contribution in [2.75, 3.05) is 18.9 Å². The zero-order valence-corrected chi connectivity index (χ0v) is 15.6. The van der Waals surface area contributed by atoms with E-state index in [2.05, 4.69) is 25.9 Å². The average molecular weight is 387 g/mol. The van der Waals surface area contributed by atoms with Gasteiger partial charge in [-0.25, -0.2) is 14.2 Å². The van der Waals surface area contributed by atoms with Crippen molar-refractivity contribution in [1.29, 1.82) is 0 Å². The van der Waals surface area contributed by atoms with Crippen molar-refractivity contribution in [1.82, 2.24) is 20.6 Å². The number of pyridine rings is 1. The predicted octanol–water partition coefficient (Wildman–Crippen LogP) is 2.93. The SMILES string of the molecule is CCNC(=O)Nc1nc2cc(-c3ccc(CC(=O)NC)nc3)c(F)cc2s1. The monoisotopic (exact) mass is 387 g/mol. The number of carbonyl (C=O) groups excluding carboxylic acids is 2. The molecule has 0 spiro atoms. The molecule has 9 heteroatoms. The molecule has 0 aliphatic rings. The van der Waals surface area contributed by atoms with Crippen LogP contribution in [0, 0.1) is 5.82 Å². The van der Waals surface area contributed by atoms with Gasteiger partial charge in [-0.05, 0) is 25.1 Å². The van der Waals surface area contributed by atoms with Gasteiger partial charge in [-0.3, -0.25) is 15.1 Å². The second-order valence-electron chi connectivity index (χ2n) is 5.69. The van der Waals surface area contributed by atoms with Gasteiger partial charge in [0.2, 0.25) is 5.91 Å². The molecule has 3 aromatic rings. The molecule has 2 heterocycles. The fraction of sp³-hybridized carbons (Fsp3) is 0.222. The molecule has 0 bridgehead atoms. The maximum Gasteiger partial charge on any atom is 0.321 e. The highest BCUT2D eigenvalue weighted by molar-refractivity contribution is 7.22. The summed E-state index contributed by atoms with van der Waals surface area (Å²) >= 11 is 1.20. The van der Waals surface area contributed by atoms with Crippen LogP contribution in [0.4, 0.5) is 14.3 Å². The number of aromatic nitrogens is 2. The van der Waals surface area contributed by atoms with Gasteiger partial charge in [-0.1, -0.05) is 17.4 Å². The molecule has 3 rings (SSSR count). The highest BCUT2D eigenvalue weighted by Crippen LogP contribution is 2.32. The number of amides is 3. The van der Waals surface area contributed by atoms with E-state index in [9.17, 15) is 14.0 Å². The fourth-order valence-electron chi connectivity index (χ4n) is 2.47. The third-order valence-electron chi connectivity index (χ3n) is 3.79. The summed E-state index contributed by atoms with van der Waals surface area (Å²) < 4.78 is 15.2. The van der Waals surface area contributed by atoms with E-state index in [1.54, 1.807) is 25.2 Å². The number of benzene rings is 1.